The van der Waals surface area contributed by atoms with Gasteiger partial charge in [-0.25, -0.2) is 9.97 Å². The number of halogens is 1. The first-order valence-corrected chi connectivity index (χ1v) is 11.7. The summed E-state index contributed by atoms with van der Waals surface area (Å²) in [5.41, 5.74) is 2.45. The van der Waals surface area contributed by atoms with E-state index in [4.69, 9.17) is 13.8 Å². The monoisotopic (exact) mass is 456 g/mol. The molecule has 1 saturated carbocycles. The number of ether oxygens (including phenoxy) is 1. The zero-order chi connectivity index (χ0) is 25.7. The molecule has 0 radical (unpaired) electrons. The highest BCUT2D eigenvalue weighted by Gasteiger charge is 2.58. The molecular weight excluding hydrogens is 421 g/mol. The van der Waals surface area contributed by atoms with Crippen LogP contribution in [0.4, 0.5) is 10.1 Å². The van der Waals surface area contributed by atoms with Crippen LogP contribution in [0.3, 0.4) is 0 Å². The van der Waals surface area contributed by atoms with Gasteiger partial charge in [-0.2, -0.15) is 4.39 Å². The van der Waals surface area contributed by atoms with Crippen LogP contribution in [0.25, 0.3) is 0 Å². The van der Waals surface area contributed by atoms with Crippen molar-refractivity contribution in [2.24, 2.45) is 0 Å². The third-order valence-corrected chi connectivity index (χ3v) is 7.71. The van der Waals surface area contributed by atoms with Crippen molar-refractivity contribution in [1.82, 2.24) is 20.2 Å². The van der Waals surface area contributed by atoms with Crippen LogP contribution < -0.4 is 15.0 Å². The van der Waals surface area contributed by atoms with E-state index in [1.54, 1.807) is 7.11 Å². The van der Waals surface area contributed by atoms with Gasteiger partial charge in [-0.1, -0.05) is 13.0 Å². The van der Waals surface area contributed by atoms with E-state index in [2.05, 4.69) is 28.9 Å². The lowest BCUT2D eigenvalue weighted by molar-refractivity contribution is 0.0957. The maximum Gasteiger partial charge on any atom is 0.269 e. The standard InChI is InChI=1S/C25H32FN5O2/c1-4-16-5-8-21(29-24(16)33-3)25-13-18(14-25)31(15-25)17-9-11-30(12-10-17)20-7-6-19(23(32)27-2)28-22(20)26/h5-8,17-18H,4,9-15H2,1-3H3,(H,27,32)/i2D3. The Balaban J connectivity index is 1.21. The summed E-state index contributed by atoms with van der Waals surface area (Å²) in [6.07, 6.45) is 4.96. The van der Waals surface area contributed by atoms with Gasteiger partial charge in [-0.05, 0) is 50.3 Å². The summed E-state index contributed by atoms with van der Waals surface area (Å²) < 4.78 is 41.7. The Hall–Kier alpha value is -2.74. The minimum atomic E-state index is -2.65. The molecule has 1 N–H and O–H groups in total. The number of fused-ring (bicyclic) bond motifs is 1. The summed E-state index contributed by atoms with van der Waals surface area (Å²) in [6, 6.07) is 8.20. The molecule has 176 valence electrons. The van der Waals surface area contributed by atoms with Crippen LogP contribution >= 0.6 is 0 Å². The van der Waals surface area contributed by atoms with Crippen molar-refractivity contribution in [2.45, 2.75) is 56.5 Å². The van der Waals surface area contributed by atoms with E-state index in [-0.39, 0.29) is 11.1 Å². The van der Waals surface area contributed by atoms with E-state index in [9.17, 15) is 9.18 Å². The van der Waals surface area contributed by atoms with Crippen molar-refractivity contribution in [3.63, 3.8) is 0 Å². The average Bonchev–Trinajstić information content (AvgIpc) is 3.40. The first-order chi connectivity index (χ1) is 17.1. The van der Waals surface area contributed by atoms with Gasteiger partial charge in [0.05, 0.1) is 18.5 Å². The molecule has 2 aromatic heterocycles. The minimum Gasteiger partial charge on any atom is -0.481 e. The van der Waals surface area contributed by atoms with Crippen LogP contribution in [-0.4, -0.2) is 66.6 Å². The number of amides is 1. The summed E-state index contributed by atoms with van der Waals surface area (Å²) in [4.78, 5) is 25.2. The van der Waals surface area contributed by atoms with Gasteiger partial charge in [-0.3, -0.25) is 9.69 Å². The minimum absolute atomic E-state index is 0.0997. The second-order valence-electron chi connectivity index (χ2n) is 9.41. The Labute approximate surface area is 198 Å². The first kappa shape index (κ1) is 18.7. The Morgan fingerprint density at radius 2 is 2.03 bits per heavy atom. The lowest BCUT2D eigenvalue weighted by Gasteiger charge is -2.40. The quantitative estimate of drug-likeness (QED) is 0.674. The fourth-order valence-electron chi connectivity index (χ4n) is 5.90. The molecule has 6 rings (SSSR count). The van der Waals surface area contributed by atoms with Gasteiger partial charge in [0.2, 0.25) is 11.8 Å². The van der Waals surface area contributed by atoms with Crippen LogP contribution in [-0.2, 0) is 11.8 Å². The molecule has 3 aliphatic heterocycles. The number of nitrogens with zero attached hydrogens (tertiary/aromatic N) is 4. The molecule has 2 aromatic rings. The largest absolute Gasteiger partial charge is 0.481 e. The van der Waals surface area contributed by atoms with Crippen molar-refractivity contribution in [3.8, 4) is 5.88 Å². The summed E-state index contributed by atoms with van der Waals surface area (Å²) in [5.74, 6) is -0.945. The van der Waals surface area contributed by atoms with Crippen molar-refractivity contribution in [2.75, 3.05) is 38.6 Å². The normalized spacial score (nSPS) is 26.8. The Morgan fingerprint density at radius 3 is 2.70 bits per heavy atom. The molecule has 7 nitrogen and oxygen atoms in total. The molecule has 4 aliphatic rings. The van der Waals surface area contributed by atoms with Crippen LogP contribution in [0.5, 0.6) is 5.88 Å². The molecule has 3 saturated heterocycles. The number of rotatable bonds is 6. The number of aromatic nitrogens is 2. The predicted molar refractivity (Wildman–Crippen MR) is 124 cm³/mol. The van der Waals surface area contributed by atoms with Gasteiger partial charge in [0, 0.05) is 53.8 Å². The van der Waals surface area contributed by atoms with Crippen molar-refractivity contribution < 1.29 is 18.0 Å². The number of pyridine rings is 2. The number of aryl methyl sites for hydroxylation is 1. The molecular formula is C25H32FN5O2. The van der Waals surface area contributed by atoms with E-state index in [1.165, 1.54) is 12.1 Å². The van der Waals surface area contributed by atoms with E-state index in [0.717, 1.165) is 55.8 Å². The number of hydrogen-bond acceptors (Lipinski definition) is 6. The number of piperidine rings is 1. The molecule has 33 heavy (non-hydrogen) atoms. The average molecular weight is 457 g/mol. The molecule has 5 heterocycles. The fourth-order valence-corrected chi connectivity index (χ4v) is 5.90. The molecule has 2 bridgehead atoms. The molecule has 1 amide bonds. The lowest BCUT2D eigenvalue weighted by Crippen LogP contribution is -2.46. The van der Waals surface area contributed by atoms with Crippen LogP contribution in [0.1, 0.15) is 58.5 Å². The molecule has 0 aromatic carbocycles. The number of carbonyl (C=O) groups is 1. The SMILES string of the molecule is [2H]C([2H])([2H])NC(=O)c1ccc(N2CCC(N3CC4(c5ccc(CC)c(OC)n5)CC3C4)CC2)c(F)n1. The number of hydrogen-bond donors (Lipinski definition) is 1. The smallest absolute Gasteiger partial charge is 0.269 e. The van der Waals surface area contributed by atoms with Crippen LogP contribution in [0.15, 0.2) is 24.3 Å². The molecule has 0 atom stereocenters. The van der Waals surface area contributed by atoms with Crippen molar-refractivity contribution in [3.05, 3.63) is 47.2 Å². The maximum absolute atomic E-state index is 14.7. The first-order valence-electron chi connectivity index (χ1n) is 13.2. The summed E-state index contributed by atoms with van der Waals surface area (Å²) >= 11 is 0. The third kappa shape index (κ3) is 3.74. The molecule has 0 unspecified atom stereocenters. The number of anilines is 1. The highest BCUT2D eigenvalue weighted by molar-refractivity contribution is 5.92. The van der Waals surface area contributed by atoms with Gasteiger partial charge < -0.3 is 15.0 Å². The van der Waals surface area contributed by atoms with Gasteiger partial charge in [-0.15, -0.1) is 0 Å². The van der Waals surface area contributed by atoms with E-state index < -0.39 is 18.8 Å². The Bertz CT molecular complexity index is 1150. The molecule has 0 spiro atoms. The highest BCUT2D eigenvalue weighted by Crippen LogP contribution is 2.54. The van der Waals surface area contributed by atoms with Crippen molar-refractivity contribution >= 4 is 11.6 Å². The van der Waals surface area contributed by atoms with E-state index >= 15 is 0 Å². The van der Waals surface area contributed by atoms with Gasteiger partial charge in [0.1, 0.15) is 5.69 Å². The molecule has 4 fully saturated rings. The molecule has 8 heteroatoms. The number of carbonyl (C=O) groups excluding carboxylic acids is 1. The van der Waals surface area contributed by atoms with Gasteiger partial charge in [0.25, 0.3) is 5.91 Å². The zero-order valence-corrected chi connectivity index (χ0v) is 19.1. The maximum atomic E-state index is 14.7. The number of methoxy groups -OCH3 is 1. The van der Waals surface area contributed by atoms with E-state index in [0.29, 0.717) is 30.9 Å². The van der Waals surface area contributed by atoms with E-state index in [1.807, 2.05) is 10.2 Å². The highest BCUT2D eigenvalue weighted by atomic mass is 19.1. The van der Waals surface area contributed by atoms with Crippen molar-refractivity contribution in [1.29, 1.82) is 0 Å². The second kappa shape index (κ2) is 8.56. The topological polar surface area (TPSA) is 70.6 Å². The predicted octanol–water partition coefficient (Wildman–Crippen LogP) is 2.93. The fraction of sp³-hybridized carbons (Fsp3) is 0.560. The van der Waals surface area contributed by atoms with Gasteiger partial charge >= 0.3 is 0 Å². The summed E-state index contributed by atoms with van der Waals surface area (Å²) in [7, 11) is 1.68. The van der Waals surface area contributed by atoms with Crippen LogP contribution in [0, 0.1) is 5.95 Å². The summed E-state index contributed by atoms with van der Waals surface area (Å²) in [6.45, 7) is 1.84. The van der Waals surface area contributed by atoms with Crippen LogP contribution in [0.2, 0.25) is 0 Å². The second-order valence-corrected chi connectivity index (χ2v) is 9.41. The zero-order valence-electron chi connectivity index (χ0n) is 22.1. The Kier molecular flexibility index (Phi) is 4.84. The molecule has 1 aliphatic carbocycles. The Morgan fingerprint density at radius 1 is 1.24 bits per heavy atom. The van der Waals surface area contributed by atoms with Gasteiger partial charge in [0.15, 0.2) is 0 Å². The third-order valence-electron chi connectivity index (χ3n) is 7.71. The lowest BCUT2D eigenvalue weighted by atomic mass is 9.68. The summed E-state index contributed by atoms with van der Waals surface area (Å²) in [5, 5.41) is 1.83. The number of nitrogens with one attached hydrogen (secondary N) is 1.